The van der Waals surface area contributed by atoms with Crippen molar-refractivity contribution in [3.05, 3.63) is 35.4 Å². The molecule has 0 amide bonds. The first-order valence-corrected chi connectivity index (χ1v) is 7.21. The molecule has 0 heterocycles. The van der Waals surface area contributed by atoms with Crippen molar-refractivity contribution in [3.8, 4) is 0 Å². The average molecular weight is 259 g/mol. The third kappa shape index (κ3) is 3.57. The van der Waals surface area contributed by atoms with Crippen molar-refractivity contribution in [1.29, 1.82) is 5.41 Å². The second-order valence-corrected chi connectivity index (χ2v) is 5.86. The molecular formula is C16H25N3. The predicted molar refractivity (Wildman–Crippen MR) is 80.3 cm³/mol. The molecule has 104 valence electrons. The maximum absolute atomic E-state index is 7.51. The quantitative estimate of drug-likeness (QED) is 0.645. The highest BCUT2D eigenvalue weighted by Crippen LogP contribution is 2.28. The summed E-state index contributed by atoms with van der Waals surface area (Å²) in [6, 6.07) is 8.73. The van der Waals surface area contributed by atoms with E-state index in [9.17, 15) is 0 Å². The van der Waals surface area contributed by atoms with Gasteiger partial charge in [0, 0.05) is 18.2 Å². The van der Waals surface area contributed by atoms with E-state index in [2.05, 4.69) is 24.9 Å². The van der Waals surface area contributed by atoms with E-state index in [-0.39, 0.29) is 5.84 Å². The molecule has 3 heteroatoms. The van der Waals surface area contributed by atoms with Crippen molar-refractivity contribution in [1.82, 2.24) is 4.90 Å². The molecule has 0 spiro atoms. The minimum atomic E-state index is 0.149. The Morgan fingerprint density at radius 3 is 2.79 bits per heavy atom. The van der Waals surface area contributed by atoms with E-state index < -0.39 is 0 Å². The zero-order valence-corrected chi connectivity index (χ0v) is 12.0. The third-order valence-electron chi connectivity index (χ3n) is 4.30. The molecule has 0 bridgehead atoms. The van der Waals surface area contributed by atoms with Crippen molar-refractivity contribution in [3.63, 3.8) is 0 Å². The summed E-state index contributed by atoms with van der Waals surface area (Å²) in [6.07, 6.45) is 5.39. The SMILES string of the molecule is CC1CCCCC1N(C)Cc1cccc(C(=N)N)c1. The van der Waals surface area contributed by atoms with Crippen LogP contribution in [0.15, 0.2) is 24.3 Å². The fourth-order valence-corrected chi connectivity index (χ4v) is 3.19. The number of nitrogens with zero attached hydrogens (tertiary/aromatic N) is 1. The Bertz CT molecular complexity index is 441. The van der Waals surface area contributed by atoms with Crippen molar-refractivity contribution in [2.24, 2.45) is 11.7 Å². The summed E-state index contributed by atoms with van der Waals surface area (Å²) in [5.41, 5.74) is 7.61. The molecule has 1 aliphatic rings. The first kappa shape index (κ1) is 14.1. The second kappa shape index (κ2) is 6.20. The van der Waals surface area contributed by atoms with E-state index >= 15 is 0 Å². The van der Waals surface area contributed by atoms with Gasteiger partial charge in [0.2, 0.25) is 0 Å². The zero-order valence-electron chi connectivity index (χ0n) is 12.0. The van der Waals surface area contributed by atoms with Gasteiger partial charge in [-0.3, -0.25) is 10.3 Å². The van der Waals surface area contributed by atoms with Crippen LogP contribution in [-0.4, -0.2) is 23.8 Å². The second-order valence-electron chi connectivity index (χ2n) is 5.86. The first-order chi connectivity index (χ1) is 9.08. The fourth-order valence-electron chi connectivity index (χ4n) is 3.19. The average Bonchev–Trinajstić information content (AvgIpc) is 2.39. The molecule has 3 N–H and O–H groups in total. The standard InChI is InChI=1S/C16H25N3/c1-12-6-3-4-9-15(12)19(2)11-13-7-5-8-14(10-13)16(17)18/h5,7-8,10,12,15H,3-4,6,9,11H2,1-2H3,(H3,17,18). The number of nitrogen functional groups attached to an aromatic ring is 1. The Morgan fingerprint density at radius 1 is 1.37 bits per heavy atom. The molecule has 19 heavy (non-hydrogen) atoms. The smallest absolute Gasteiger partial charge is 0.122 e. The Kier molecular flexibility index (Phi) is 4.59. The lowest BCUT2D eigenvalue weighted by Gasteiger charge is -2.36. The molecule has 1 aliphatic carbocycles. The lowest BCUT2D eigenvalue weighted by Crippen LogP contribution is -2.38. The molecule has 2 atom stereocenters. The monoisotopic (exact) mass is 259 g/mol. The number of amidine groups is 1. The summed E-state index contributed by atoms with van der Waals surface area (Å²) < 4.78 is 0. The van der Waals surface area contributed by atoms with E-state index in [1.54, 1.807) is 0 Å². The highest BCUT2D eigenvalue weighted by molar-refractivity contribution is 5.95. The summed E-state index contributed by atoms with van der Waals surface area (Å²) in [5, 5.41) is 7.51. The molecule has 0 aromatic heterocycles. The molecule has 1 fully saturated rings. The maximum atomic E-state index is 7.51. The largest absolute Gasteiger partial charge is 0.384 e. The minimum Gasteiger partial charge on any atom is -0.384 e. The van der Waals surface area contributed by atoms with Gasteiger partial charge < -0.3 is 5.73 Å². The summed E-state index contributed by atoms with van der Waals surface area (Å²) in [4.78, 5) is 2.46. The lowest BCUT2D eigenvalue weighted by atomic mass is 9.85. The number of benzene rings is 1. The number of hydrogen-bond acceptors (Lipinski definition) is 2. The highest BCUT2D eigenvalue weighted by Gasteiger charge is 2.24. The van der Waals surface area contributed by atoms with Crippen LogP contribution in [0.4, 0.5) is 0 Å². The maximum Gasteiger partial charge on any atom is 0.122 e. The van der Waals surface area contributed by atoms with Crippen molar-refractivity contribution >= 4 is 5.84 Å². The minimum absolute atomic E-state index is 0.149. The predicted octanol–water partition coefficient (Wildman–Crippen LogP) is 2.98. The van der Waals surface area contributed by atoms with Crippen LogP contribution in [-0.2, 0) is 6.54 Å². The van der Waals surface area contributed by atoms with Crippen LogP contribution < -0.4 is 5.73 Å². The molecule has 0 radical (unpaired) electrons. The summed E-state index contributed by atoms with van der Waals surface area (Å²) >= 11 is 0. The lowest BCUT2D eigenvalue weighted by molar-refractivity contribution is 0.133. The molecule has 2 rings (SSSR count). The first-order valence-electron chi connectivity index (χ1n) is 7.21. The van der Waals surface area contributed by atoms with Gasteiger partial charge in [0.05, 0.1) is 0 Å². The van der Waals surface area contributed by atoms with E-state index in [1.807, 2.05) is 18.2 Å². The Balaban J connectivity index is 2.03. The van der Waals surface area contributed by atoms with Gasteiger partial charge in [-0.25, -0.2) is 0 Å². The zero-order chi connectivity index (χ0) is 13.8. The normalized spacial score (nSPS) is 23.5. The molecule has 2 unspecified atom stereocenters. The van der Waals surface area contributed by atoms with Crippen LogP contribution >= 0.6 is 0 Å². The van der Waals surface area contributed by atoms with Crippen LogP contribution in [0, 0.1) is 11.3 Å². The Morgan fingerprint density at radius 2 is 2.11 bits per heavy atom. The molecule has 1 aromatic rings. The Labute approximate surface area is 116 Å². The molecule has 0 aliphatic heterocycles. The van der Waals surface area contributed by atoms with Crippen molar-refractivity contribution in [2.45, 2.75) is 45.2 Å². The number of nitrogens with two attached hydrogens (primary N) is 1. The van der Waals surface area contributed by atoms with Gasteiger partial charge in [-0.2, -0.15) is 0 Å². The van der Waals surface area contributed by atoms with Gasteiger partial charge in [-0.1, -0.05) is 38.0 Å². The fraction of sp³-hybridized carbons (Fsp3) is 0.562. The van der Waals surface area contributed by atoms with Crippen LogP contribution in [0.2, 0.25) is 0 Å². The molecule has 1 saturated carbocycles. The van der Waals surface area contributed by atoms with Crippen LogP contribution in [0.5, 0.6) is 0 Å². The number of nitrogens with one attached hydrogen (secondary N) is 1. The highest BCUT2D eigenvalue weighted by atomic mass is 15.1. The van der Waals surface area contributed by atoms with Gasteiger partial charge >= 0.3 is 0 Å². The van der Waals surface area contributed by atoms with Crippen LogP contribution in [0.3, 0.4) is 0 Å². The number of hydrogen-bond donors (Lipinski definition) is 2. The van der Waals surface area contributed by atoms with E-state index in [1.165, 1.54) is 31.2 Å². The van der Waals surface area contributed by atoms with Gasteiger partial charge in [0.25, 0.3) is 0 Å². The molecule has 1 aromatic carbocycles. The number of rotatable bonds is 4. The van der Waals surface area contributed by atoms with E-state index in [0.717, 1.165) is 18.0 Å². The summed E-state index contributed by atoms with van der Waals surface area (Å²) in [6.45, 7) is 3.31. The summed E-state index contributed by atoms with van der Waals surface area (Å²) in [5.74, 6) is 0.935. The van der Waals surface area contributed by atoms with Gasteiger partial charge in [-0.15, -0.1) is 0 Å². The third-order valence-corrected chi connectivity index (χ3v) is 4.30. The van der Waals surface area contributed by atoms with Crippen LogP contribution in [0.1, 0.15) is 43.7 Å². The van der Waals surface area contributed by atoms with E-state index in [4.69, 9.17) is 11.1 Å². The topological polar surface area (TPSA) is 53.1 Å². The summed E-state index contributed by atoms with van der Waals surface area (Å²) in [7, 11) is 2.22. The van der Waals surface area contributed by atoms with E-state index in [0.29, 0.717) is 6.04 Å². The van der Waals surface area contributed by atoms with Crippen LogP contribution in [0.25, 0.3) is 0 Å². The van der Waals surface area contributed by atoms with Gasteiger partial charge in [-0.05, 0) is 37.4 Å². The van der Waals surface area contributed by atoms with Crippen molar-refractivity contribution < 1.29 is 0 Å². The molecule has 3 nitrogen and oxygen atoms in total. The van der Waals surface area contributed by atoms with Crippen molar-refractivity contribution in [2.75, 3.05) is 7.05 Å². The molecular weight excluding hydrogens is 234 g/mol. The van der Waals surface area contributed by atoms with Gasteiger partial charge in [0.1, 0.15) is 5.84 Å². The Hall–Kier alpha value is -1.35. The van der Waals surface area contributed by atoms with Gasteiger partial charge in [0.15, 0.2) is 0 Å². The molecule has 0 saturated heterocycles.